The van der Waals surface area contributed by atoms with Crippen LogP contribution in [0.3, 0.4) is 0 Å². The maximum absolute atomic E-state index is 11.8. The Balaban J connectivity index is 2.69. The van der Waals surface area contributed by atoms with Gasteiger partial charge in [-0.15, -0.1) is 0 Å². The molecule has 98 valence electrons. The van der Waals surface area contributed by atoms with E-state index in [1.165, 1.54) is 4.90 Å². The fourth-order valence-corrected chi connectivity index (χ4v) is 1.77. The quantitative estimate of drug-likeness (QED) is 0.704. The van der Waals surface area contributed by atoms with Crippen molar-refractivity contribution in [3.8, 4) is 0 Å². The average molecular weight is 243 g/mol. The Morgan fingerprint density at radius 3 is 2.29 bits per heavy atom. The highest BCUT2D eigenvalue weighted by molar-refractivity contribution is 5.74. The molecule has 1 amide bonds. The summed E-state index contributed by atoms with van der Waals surface area (Å²) in [4.78, 5) is 24.3. The van der Waals surface area contributed by atoms with E-state index in [0.29, 0.717) is 13.2 Å². The van der Waals surface area contributed by atoms with Crippen LogP contribution < -0.4 is 0 Å². The van der Waals surface area contributed by atoms with Crippen LogP contribution in [-0.4, -0.2) is 49.2 Å². The number of hydrogen-bond donors (Lipinski definition) is 0. The summed E-state index contributed by atoms with van der Waals surface area (Å²) in [6.07, 6.45) is 0.301. The predicted octanol–water partition coefficient (Wildman–Crippen LogP) is 1.46. The summed E-state index contributed by atoms with van der Waals surface area (Å²) in [5.74, 6) is 0. The van der Waals surface area contributed by atoms with E-state index >= 15 is 0 Å². The second kappa shape index (κ2) is 4.64. The Bertz CT molecular complexity index is 304. The summed E-state index contributed by atoms with van der Waals surface area (Å²) in [6, 6.07) is -0.508. The Labute approximate surface area is 102 Å². The molecule has 1 heterocycles. The van der Waals surface area contributed by atoms with Crippen molar-refractivity contribution in [1.29, 1.82) is 0 Å². The molecule has 1 aliphatic rings. The summed E-state index contributed by atoms with van der Waals surface area (Å²) in [5.41, 5.74) is -0.858. The molecule has 0 aromatic carbocycles. The van der Waals surface area contributed by atoms with Gasteiger partial charge in [-0.25, -0.2) is 4.79 Å². The van der Waals surface area contributed by atoms with Gasteiger partial charge in [-0.05, 0) is 20.8 Å². The molecule has 1 aliphatic heterocycles. The van der Waals surface area contributed by atoms with Crippen molar-refractivity contribution in [3.05, 3.63) is 0 Å². The number of carbonyl (C=O) groups excluding carboxylic acids is 2. The van der Waals surface area contributed by atoms with Crippen molar-refractivity contribution in [3.63, 3.8) is 0 Å². The standard InChI is InChI=1S/C12H21NO4/c1-11(2,3)17-10(15)13(5)9(6-14)12(4)7-16-8-12/h6,9H,7-8H2,1-5H3. The zero-order chi connectivity index (χ0) is 13.3. The molecule has 0 spiro atoms. The predicted molar refractivity (Wildman–Crippen MR) is 62.8 cm³/mol. The van der Waals surface area contributed by atoms with Crippen LogP contribution in [0.15, 0.2) is 0 Å². The van der Waals surface area contributed by atoms with Crippen molar-refractivity contribution in [2.75, 3.05) is 20.3 Å². The van der Waals surface area contributed by atoms with Gasteiger partial charge in [0.2, 0.25) is 0 Å². The fraction of sp³-hybridized carbons (Fsp3) is 0.833. The molecular weight excluding hydrogens is 222 g/mol. The van der Waals surface area contributed by atoms with Crippen molar-refractivity contribution in [2.24, 2.45) is 5.41 Å². The highest BCUT2D eigenvalue weighted by atomic mass is 16.6. The Morgan fingerprint density at radius 1 is 1.47 bits per heavy atom. The van der Waals surface area contributed by atoms with Crippen molar-refractivity contribution >= 4 is 12.4 Å². The van der Waals surface area contributed by atoms with E-state index in [4.69, 9.17) is 9.47 Å². The van der Waals surface area contributed by atoms with Gasteiger partial charge in [-0.1, -0.05) is 6.92 Å². The molecule has 0 aromatic heterocycles. The van der Waals surface area contributed by atoms with E-state index < -0.39 is 17.7 Å². The largest absolute Gasteiger partial charge is 0.444 e. The molecule has 1 saturated heterocycles. The van der Waals surface area contributed by atoms with Crippen molar-refractivity contribution < 1.29 is 19.1 Å². The third-order valence-corrected chi connectivity index (χ3v) is 2.81. The first-order valence-corrected chi connectivity index (χ1v) is 5.68. The van der Waals surface area contributed by atoms with E-state index in [9.17, 15) is 9.59 Å². The van der Waals surface area contributed by atoms with Crippen LogP contribution in [0, 0.1) is 5.41 Å². The Kier molecular flexibility index (Phi) is 3.81. The van der Waals surface area contributed by atoms with Gasteiger partial charge in [0.15, 0.2) is 0 Å². The first kappa shape index (κ1) is 14.0. The number of hydrogen-bond acceptors (Lipinski definition) is 4. The van der Waals surface area contributed by atoms with Gasteiger partial charge in [0.05, 0.1) is 13.2 Å². The van der Waals surface area contributed by atoms with Crippen molar-refractivity contribution in [1.82, 2.24) is 4.90 Å². The molecule has 0 radical (unpaired) electrons. The van der Waals surface area contributed by atoms with Gasteiger partial charge in [0, 0.05) is 12.5 Å². The smallest absolute Gasteiger partial charge is 0.410 e. The molecule has 0 aromatic rings. The zero-order valence-electron chi connectivity index (χ0n) is 11.1. The molecule has 1 rings (SSSR count). The first-order valence-electron chi connectivity index (χ1n) is 5.68. The van der Waals surface area contributed by atoms with Crippen LogP contribution in [0.25, 0.3) is 0 Å². The van der Waals surface area contributed by atoms with Crippen molar-refractivity contribution in [2.45, 2.75) is 39.3 Å². The van der Waals surface area contributed by atoms with Crippen LogP contribution >= 0.6 is 0 Å². The van der Waals surface area contributed by atoms with E-state index in [1.807, 2.05) is 6.92 Å². The minimum atomic E-state index is -0.560. The molecule has 1 fully saturated rings. The molecule has 1 atom stereocenters. The summed E-state index contributed by atoms with van der Waals surface area (Å²) < 4.78 is 10.3. The number of amides is 1. The lowest BCUT2D eigenvalue weighted by molar-refractivity contribution is -0.149. The SMILES string of the molecule is CN(C(=O)OC(C)(C)C)C(C=O)C1(C)COC1. The molecule has 0 N–H and O–H groups in total. The lowest BCUT2D eigenvalue weighted by atomic mass is 9.80. The highest BCUT2D eigenvalue weighted by Crippen LogP contribution is 2.32. The Morgan fingerprint density at radius 2 is 2.00 bits per heavy atom. The van der Waals surface area contributed by atoms with Crippen LogP contribution in [0.5, 0.6) is 0 Å². The maximum Gasteiger partial charge on any atom is 0.410 e. The maximum atomic E-state index is 11.8. The third kappa shape index (κ3) is 3.19. The number of carbonyl (C=O) groups is 2. The minimum absolute atomic E-state index is 0.298. The number of aldehydes is 1. The molecule has 0 saturated carbocycles. The van der Waals surface area contributed by atoms with Gasteiger partial charge in [-0.3, -0.25) is 0 Å². The summed E-state index contributed by atoms with van der Waals surface area (Å²) in [7, 11) is 1.58. The molecule has 0 aliphatic carbocycles. The van der Waals surface area contributed by atoms with Gasteiger partial charge in [0.1, 0.15) is 17.9 Å². The molecule has 0 bridgehead atoms. The second-order valence-corrected chi connectivity index (χ2v) is 5.82. The molecule has 17 heavy (non-hydrogen) atoms. The van der Waals surface area contributed by atoms with Gasteiger partial charge in [-0.2, -0.15) is 0 Å². The summed E-state index contributed by atoms with van der Waals surface area (Å²) in [5, 5.41) is 0. The van der Waals surface area contributed by atoms with Gasteiger partial charge >= 0.3 is 6.09 Å². The fourth-order valence-electron chi connectivity index (χ4n) is 1.77. The van der Waals surface area contributed by atoms with E-state index in [1.54, 1.807) is 27.8 Å². The number of ether oxygens (including phenoxy) is 2. The summed E-state index contributed by atoms with van der Waals surface area (Å²) >= 11 is 0. The minimum Gasteiger partial charge on any atom is -0.444 e. The van der Waals surface area contributed by atoms with Crippen LogP contribution in [0.1, 0.15) is 27.7 Å². The highest BCUT2D eigenvalue weighted by Gasteiger charge is 2.45. The topological polar surface area (TPSA) is 55.8 Å². The molecular formula is C12H21NO4. The molecule has 5 heteroatoms. The zero-order valence-corrected chi connectivity index (χ0v) is 11.1. The molecule has 1 unspecified atom stereocenters. The van der Waals surface area contributed by atoms with Gasteiger partial charge in [0.25, 0.3) is 0 Å². The number of nitrogens with zero attached hydrogens (tertiary/aromatic N) is 1. The van der Waals surface area contributed by atoms with E-state index in [2.05, 4.69) is 0 Å². The van der Waals surface area contributed by atoms with Crippen LogP contribution in [-0.2, 0) is 14.3 Å². The van der Waals surface area contributed by atoms with Gasteiger partial charge < -0.3 is 19.2 Å². The first-order chi connectivity index (χ1) is 7.69. The normalized spacial score (nSPS) is 20.1. The van der Waals surface area contributed by atoms with E-state index in [-0.39, 0.29) is 5.41 Å². The van der Waals surface area contributed by atoms with E-state index in [0.717, 1.165) is 6.29 Å². The monoisotopic (exact) mass is 243 g/mol. The van der Waals surface area contributed by atoms with Crippen LogP contribution in [0.2, 0.25) is 0 Å². The average Bonchev–Trinajstić information content (AvgIpc) is 2.13. The lowest BCUT2D eigenvalue weighted by Gasteiger charge is -2.45. The molecule has 5 nitrogen and oxygen atoms in total. The van der Waals surface area contributed by atoms with Crippen LogP contribution in [0.4, 0.5) is 4.79 Å². The Hall–Kier alpha value is -1.10. The second-order valence-electron chi connectivity index (χ2n) is 5.82. The number of likely N-dealkylation sites (N-methyl/N-ethyl adjacent to an activating group) is 1. The third-order valence-electron chi connectivity index (χ3n) is 2.81. The lowest BCUT2D eigenvalue weighted by Crippen LogP contribution is -2.58. The summed E-state index contributed by atoms with van der Waals surface area (Å²) in [6.45, 7) is 8.29. The number of rotatable bonds is 3.